The molecule has 13 nitrogen and oxygen atoms in total. The van der Waals surface area contributed by atoms with Gasteiger partial charge in [-0.15, -0.1) is 4.99 Å². The van der Waals surface area contributed by atoms with Crippen LogP contribution in [0.4, 0.5) is 9.59 Å². The van der Waals surface area contributed by atoms with E-state index >= 15 is 0 Å². The Labute approximate surface area is 223 Å². The number of hydroxylamine groups is 1. The van der Waals surface area contributed by atoms with Crippen molar-refractivity contribution in [2.75, 3.05) is 26.2 Å². The van der Waals surface area contributed by atoms with Crippen LogP contribution in [-0.2, 0) is 35.5 Å². The minimum atomic E-state index is -1.04. The van der Waals surface area contributed by atoms with Crippen molar-refractivity contribution in [3.05, 3.63) is 35.9 Å². The van der Waals surface area contributed by atoms with Gasteiger partial charge in [0.05, 0.1) is 6.10 Å². The Morgan fingerprint density at radius 2 is 1.53 bits per heavy atom. The molecule has 0 aliphatic heterocycles. The molecule has 0 unspecified atom stereocenters. The molecule has 0 spiro atoms. The van der Waals surface area contributed by atoms with Gasteiger partial charge in [-0.3, -0.25) is 9.59 Å². The largest absolute Gasteiger partial charge is 0.445 e. The molecule has 38 heavy (non-hydrogen) atoms. The molecular formula is C25H41N5O8. The summed E-state index contributed by atoms with van der Waals surface area (Å²) in [6, 6.07) is 8.04. The fourth-order valence-corrected chi connectivity index (χ4v) is 2.75. The summed E-state index contributed by atoms with van der Waals surface area (Å²) < 4.78 is 10.3. The normalized spacial score (nSPS) is 11.8. The lowest BCUT2D eigenvalue weighted by atomic mass is 10.1. The summed E-state index contributed by atoms with van der Waals surface area (Å²) in [4.78, 5) is 58.6. The average Bonchev–Trinajstić information content (AvgIpc) is 2.84. The monoisotopic (exact) mass is 539 g/mol. The Morgan fingerprint density at radius 1 is 0.868 bits per heavy atom. The van der Waals surface area contributed by atoms with Gasteiger partial charge in [-0.1, -0.05) is 30.3 Å². The number of ether oxygens (including phenoxy) is 2. The van der Waals surface area contributed by atoms with Crippen molar-refractivity contribution < 1.29 is 38.5 Å². The number of rotatable bonds is 16. The molecule has 0 fully saturated rings. The topological polar surface area (TPSA) is 165 Å². The van der Waals surface area contributed by atoms with Crippen LogP contribution >= 0.6 is 0 Å². The number of carbonyl (C=O) groups excluding carboxylic acids is 4. The first-order valence-electron chi connectivity index (χ1n) is 12.5. The number of nitrogens with one attached hydrogen (secondary N) is 5. The molecule has 13 heteroatoms. The zero-order valence-corrected chi connectivity index (χ0v) is 22.8. The maximum atomic E-state index is 12.7. The van der Waals surface area contributed by atoms with Crippen LogP contribution in [0.15, 0.2) is 30.3 Å². The summed E-state index contributed by atoms with van der Waals surface area (Å²) in [5, 5.41) is 10.3. The zero-order valence-electron chi connectivity index (χ0n) is 22.8. The average molecular weight is 540 g/mol. The molecule has 1 aromatic rings. The molecule has 0 radical (unpaired) electrons. The third-order valence-corrected chi connectivity index (χ3v) is 4.42. The number of amides is 4. The van der Waals surface area contributed by atoms with E-state index in [1.807, 2.05) is 18.2 Å². The summed E-state index contributed by atoms with van der Waals surface area (Å²) >= 11 is 0. The molecule has 1 aromatic carbocycles. The van der Waals surface area contributed by atoms with Crippen LogP contribution in [0.3, 0.4) is 0 Å². The standard InChI is InChI=1S/C25H41N5O8/c1-18(2)37-38-29-16-15-26-21(31)12-11-20(30-24(34)35-17-19-9-7-6-8-10-19)22(32)27-13-14-28-23(33)36-25(3,4)5/h6-10,18,20,29H,11-17H2,1-5H3,(H,26,31)(H,27,32)(H,28,33)(H,30,34)/t20-/m0/s1. The summed E-state index contributed by atoms with van der Waals surface area (Å²) in [5.74, 6) is -0.846. The lowest BCUT2D eigenvalue weighted by Gasteiger charge is -2.20. The molecule has 0 bridgehead atoms. The van der Waals surface area contributed by atoms with E-state index < -0.39 is 29.7 Å². The van der Waals surface area contributed by atoms with E-state index in [1.165, 1.54) is 0 Å². The molecule has 0 heterocycles. The highest BCUT2D eigenvalue weighted by atomic mass is 17.3. The van der Waals surface area contributed by atoms with E-state index in [-0.39, 0.29) is 51.1 Å². The number of hydrogen-bond acceptors (Lipinski definition) is 9. The first kappa shape index (κ1) is 32.6. The SMILES string of the molecule is CC(C)OONCCNC(=O)CC[C@H](NC(=O)OCc1ccccc1)C(=O)NCCNC(=O)OC(C)(C)C. The Balaban J connectivity index is 2.52. The fourth-order valence-electron chi connectivity index (χ4n) is 2.75. The molecule has 0 saturated heterocycles. The first-order chi connectivity index (χ1) is 18.0. The molecule has 214 valence electrons. The Kier molecular flexibility index (Phi) is 15.4. The first-order valence-corrected chi connectivity index (χ1v) is 12.5. The van der Waals surface area contributed by atoms with Gasteiger partial charge in [0.15, 0.2) is 0 Å². The van der Waals surface area contributed by atoms with Crippen molar-refractivity contribution in [1.29, 1.82) is 0 Å². The maximum Gasteiger partial charge on any atom is 0.408 e. The molecular weight excluding hydrogens is 498 g/mol. The highest BCUT2D eigenvalue weighted by molar-refractivity contribution is 5.86. The minimum absolute atomic E-state index is 0.0247. The zero-order chi connectivity index (χ0) is 28.4. The molecule has 0 aliphatic carbocycles. The van der Waals surface area contributed by atoms with Crippen molar-refractivity contribution in [3.8, 4) is 0 Å². The number of carbonyl (C=O) groups is 4. The van der Waals surface area contributed by atoms with Crippen LogP contribution < -0.4 is 26.7 Å². The van der Waals surface area contributed by atoms with Crippen molar-refractivity contribution in [2.24, 2.45) is 0 Å². The lowest BCUT2D eigenvalue weighted by molar-refractivity contribution is -0.355. The highest BCUT2D eigenvalue weighted by Crippen LogP contribution is 2.06. The summed E-state index contributed by atoms with van der Waals surface area (Å²) in [5.41, 5.74) is 2.68. The van der Waals surface area contributed by atoms with Crippen LogP contribution in [0.1, 0.15) is 53.0 Å². The second-order valence-corrected chi connectivity index (χ2v) is 9.49. The van der Waals surface area contributed by atoms with Crippen LogP contribution in [-0.4, -0.2) is 67.9 Å². The van der Waals surface area contributed by atoms with Crippen LogP contribution in [0.25, 0.3) is 0 Å². The number of benzene rings is 1. The quantitative estimate of drug-likeness (QED) is 0.119. The third kappa shape index (κ3) is 17.1. The van der Waals surface area contributed by atoms with Crippen LogP contribution in [0.5, 0.6) is 0 Å². The Morgan fingerprint density at radius 3 is 2.18 bits per heavy atom. The molecule has 1 atom stereocenters. The summed E-state index contributed by atoms with van der Waals surface area (Å²) in [6.45, 7) is 9.62. The Bertz CT molecular complexity index is 861. The van der Waals surface area contributed by atoms with Gasteiger partial charge in [0.1, 0.15) is 18.2 Å². The molecule has 0 aliphatic rings. The van der Waals surface area contributed by atoms with Gasteiger partial charge in [0.25, 0.3) is 0 Å². The molecule has 4 amide bonds. The molecule has 0 aromatic heterocycles. The van der Waals surface area contributed by atoms with Crippen molar-refractivity contribution in [3.63, 3.8) is 0 Å². The number of hydrogen-bond donors (Lipinski definition) is 5. The van der Waals surface area contributed by atoms with E-state index in [0.29, 0.717) is 6.54 Å². The highest BCUT2D eigenvalue weighted by Gasteiger charge is 2.23. The molecule has 1 rings (SSSR count). The smallest absolute Gasteiger partial charge is 0.408 e. The van der Waals surface area contributed by atoms with Crippen molar-refractivity contribution in [2.45, 2.75) is 71.8 Å². The predicted octanol–water partition coefficient (Wildman–Crippen LogP) is 1.68. The van der Waals surface area contributed by atoms with E-state index in [1.54, 1.807) is 46.8 Å². The van der Waals surface area contributed by atoms with E-state index in [0.717, 1.165) is 5.56 Å². The second kappa shape index (κ2) is 17.9. The van der Waals surface area contributed by atoms with Crippen molar-refractivity contribution in [1.82, 2.24) is 26.7 Å². The second-order valence-electron chi connectivity index (χ2n) is 9.49. The predicted molar refractivity (Wildman–Crippen MR) is 138 cm³/mol. The van der Waals surface area contributed by atoms with Gasteiger partial charge in [0, 0.05) is 32.6 Å². The van der Waals surface area contributed by atoms with Crippen LogP contribution in [0, 0.1) is 0 Å². The van der Waals surface area contributed by atoms with E-state index in [9.17, 15) is 19.2 Å². The summed E-state index contributed by atoms with van der Waals surface area (Å²) in [6.07, 6.45) is -1.53. The Hall–Kier alpha value is -3.42. The lowest BCUT2D eigenvalue weighted by Crippen LogP contribution is -2.49. The van der Waals surface area contributed by atoms with E-state index in [4.69, 9.17) is 19.3 Å². The van der Waals surface area contributed by atoms with Gasteiger partial charge < -0.3 is 30.7 Å². The van der Waals surface area contributed by atoms with Crippen molar-refractivity contribution >= 4 is 24.0 Å². The van der Waals surface area contributed by atoms with E-state index in [2.05, 4.69) is 26.7 Å². The van der Waals surface area contributed by atoms with Gasteiger partial charge >= 0.3 is 12.2 Å². The van der Waals surface area contributed by atoms with Gasteiger partial charge in [-0.2, -0.15) is 5.48 Å². The van der Waals surface area contributed by atoms with Gasteiger partial charge in [0.2, 0.25) is 11.8 Å². The molecule has 0 saturated carbocycles. The van der Waals surface area contributed by atoms with Gasteiger partial charge in [-0.25, -0.2) is 14.5 Å². The fraction of sp³-hybridized carbons (Fsp3) is 0.600. The van der Waals surface area contributed by atoms with Gasteiger partial charge in [-0.05, 0) is 46.6 Å². The molecule has 5 N–H and O–H groups in total. The summed E-state index contributed by atoms with van der Waals surface area (Å²) in [7, 11) is 0. The van der Waals surface area contributed by atoms with Crippen LogP contribution in [0.2, 0.25) is 0 Å². The minimum Gasteiger partial charge on any atom is -0.445 e. The third-order valence-electron chi connectivity index (χ3n) is 4.42. The maximum absolute atomic E-state index is 12.7. The number of alkyl carbamates (subject to hydrolysis) is 2.